The summed E-state index contributed by atoms with van der Waals surface area (Å²) in [4.78, 5) is 0. The van der Waals surface area contributed by atoms with Gasteiger partial charge < -0.3 is 21.4 Å². The lowest BCUT2D eigenvalue weighted by molar-refractivity contribution is 0.156. The van der Waals surface area contributed by atoms with Crippen LogP contribution in [-0.2, 0) is 0 Å². The van der Waals surface area contributed by atoms with Crippen LogP contribution in [0.5, 0.6) is 0 Å². The fourth-order valence-electron chi connectivity index (χ4n) is 0.676. The Balaban J connectivity index is 3.89. The van der Waals surface area contributed by atoms with Gasteiger partial charge in [-0.1, -0.05) is 19.0 Å². The third-order valence-corrected chi connectivity index (χ3v) is 1.87. The second kappa shape index (κ2) is 5.04. The van der Waals surface area contributed by atoms with Gasteiger partial charge in [0.15, 0.2) is 5.84 Å². The van der Waals surface area contributed by atoms with Crippen LogP contribution >= 0.6 is 0 Å². The van der Waals surface area contributed by atoms with Crippen molar-refractivity contribution in [3.63, 3.8) is 0 Å². The molecule has 0 bridgehead atoms. The van der Waals surface area contributed by atoms with Gasteiger partial charge in [-0.25, -0.2) is 0 Å². The molecule has 0 aromatic carbocycles. The van der Waals surface area contributed by atoms with Crippen LogP contribution in [0.3, 0.4) is 0 Å². The monoisotopic (exact) mass is 189 g/mol. The largest absolute Gasteiger partial charge is 0.409 e. The number of nitrogens with two attached hydrogens (primary N) is 1. The van der Waals surface area contributed by atoms with E-state index in [-0.39, 0.29) is 23.9 Å². The van der Waals surface area contributed by atoms with Crippen molar-refractivity contribution < 1.29 is 10.3 Å². The second-order valence-electron chi connectivity index (χ2n) is 3.95. The number of hydrogen-bond acceptors (Lipinski definition) is 4. The van der Waals surface area contributed by atoms with Crippen LogP contribution in [0.25, 0.3) is 0 Å². The molecule has 13 heavy (non-hydrogen) atoms. The van der Waals surface area contributed by atoms with Crippen LogP contribution in [-0.4, -0.2) is 35.3 Å². The maximum Gasteiger partial charge on any atom is 0.156 e. The summed E-state index contributed by atoms with van der Waals surface area (Å²) < 4.78 is 0. The molecule has 1 unspecified atom stereocenters. The van der Waals surface area contributed by atoms with E-state index in [9.17, 15) is 0 Å². The van der Waals surface area contributed by atoms with Gasteiger partial charge in [-0.15, -0.1) is 0 Å². The van der Waals surface area contributed by atoms with Crippen molar-refractivity contribution in [2.75, 3.05) is 13.2 Å². The van der Waals surface area contributed by atoms with E-state index in [1.54, 1.807) is 6.92 Å². The summed E-state index contributed by atoms with van der Waals surface area (Å²) in [5.41, 5.74) is 5.17. The van der Waals surface area contributed by atoms with Gasteiger partial charge in [0.25, 0.3) is 0 Å². The van der Waals surface area contributed by atoms with Crippen molar-refractivity contribution >= 4 is 5.84 Å². The summed E-state index contributed by atoms with van der Waals surface area (Å²) in [6.45, 7) is 6.37. The summed E-state index contributed by atoms with van der Waals surface area (Å²) in [5, 5.41) is 23.3. The molecule has 5 nitrogen and oxygen atoms in total. The molecule has 0 heterocycles. The molecule has 5 N–H and O–H groups in total. The number of rotatable bonds is 5. The van der Waals surface area contributed by atoms with Gasteiger partial charge in [0, 0.05) is 18.6 Å². The fourth-order valence-corrected chi connectivity index (χ4v) is 0.676. The van der Waals surface area contributed by atoms with Crippen molar-refractivity contribution in [2.45, 2.75) is 26.8 Å². The minimum absolute atomic E-state index is 0.100. The maximum atomic E-state index is 8.95. The topological polar surface area (TPSA) is 90.9 Å². The molecule has 0 aromatic heterocycles. The zero-order chi connectivity index (χ0) is 10.5. The van der Waals surface area contributed by atoms with Crippen molar-refractivity contribution in [2.24, 2.45) is 16.3 Å². The molecule has 1 atom stereocenters. The Kier molecular flexibility index (Phi) is 4.72. The van der Waals surface area contributed by atoms with E-state index < -0.39 is 0 Å². The highest BCUT2D eigenvalue weighted by Gasteiger charge is 2.18. The molecular formula is C8H19N3O2. The minimum Gasteiger partial charge on any atom is -0.409 e. The van der Waals surface area contributed by atoms with Crippen LogP contribution in [0, 0.1) is 5.41 Å². The van der Waals surface area contributed by atoms with Crippen LogP contribution in [0.4, 0.5) is 0 Å². The van der Waals surface area contributed by atoms with Crippen molar-refractivity contribution in [3.8, 4) is 0 Å². The van der Waals surface area contributed by atoms with Crippen LogP contribution in [0.1, 0.15) is 20.8 Å². The van der Waals surface area contributed by atoms with E-state index in [0.717, 1.165) is 0 Å². The van der Waals surface area contributed by atoms with Crippen LogP contribution < -0.4 is 11.1 Å². The first-order valence-corrected chi connectivity index (χ1v) is 4.24. The van der Waals surface area contributed by atoms with Gasteiger partial charge >= 0.3 is 0 Å². The number of oxime groups is 1. The van der Waals surface area contributed by atoms with Gasteiger partial charge in [0.05, 0.1) is 6.04 Å². The van der Waals surface area contributed by atoms with Gasteiger partial charge in [0.2, 0.25) is 0 Å². The van der Waals surface area contributed by atoms with Crippen LogP contribution in [0.15, 0.2) is 5.16 Å². The Bertz CT molecular complexity index is 180. The number of nitrogens with zero attached hydrogens (tertiary/aromatic N) is 1. The summed E-state index contributed by atoms with van der Waals surface area (Å²) in [7, 11) is 0. The van der Waals surface area contributed by atoms with E-state index >= 15 is 0 Å². The van der Waals surface area contributed by atoms with Gasteiger partial charge in [-0.3, -0.25) is 0 Å². The quantitative estimate of drug-likeness (QED) is 0.207. The first-order valence-electron chi connectivity index (χ1n) is 4.24. The number of amidine groups is 1. The van der Waals surface area contributed by atoms with Gasteiger partial charge in [-0.2, -0.15) is 0 Å². The normalized spacial score (nSPS) is 15.8. The zero-order valence-electron chi connectivity index (χ0n) is 8.41. The van der Waals surface area contributed by atoms with Gasteiger partial charge in [-0.05, 0) is 6.92 Å². The third kappa shape index (κ3) is 4.69. The molecule has 0 aliphatic carbocycles. The second-order valence-corrected chi connectivity index (χ2v) is 3.95. The van der Waals surface area contributed by atoms with E-state index in [0.29, 0.717) is 6.54 Å². The molecule has 0 radical (unpaired) electrons. The predicted molar refractivity (Wildman–Crippen MR) is 51.7 cm³/mol. The van der Waals surface area contributed by atoms with E-state index in [1.807, 2.05) is 13.8 Å². The number of hydrogen-bond donors (Lipinski definition) is 4. The Hall–Kier alpha value is -0.810. The highest BCUT2D eigenvalue weighted by Crippen LogP contribution is 2.11. The lowest BCUT2D eigenvalue weighted by Gasteiger charge is -2.24. The molecule has 0 fully saturated rings. The average Bonchev–Trinajstić information content (AvgIpc) is 2.13. The van der Waals surface area contributed by atoms with E-state index in [4.69, 9.17) is 16.0 Å². The fraction of sp³-hybridized carbons (Fsp3) is 0.875. The maximum absolute atomic E-state index is 8.95. The Morgan fingerprint density at radius 3 is 2.54 bits per heavy atom. The highest BCUT2D eigenvalue weighted by atomic mass is 16.4. The number of nitrogens with one attached hydrogen (secondary N) is 1. The van der Waals surface area contributed by atoms with Crippen LogP contribution in [0.2, 0.25) is 0 Å². The SMILES string of the molecule is CC(NCC(C)(C)CO)C(N)=NO. The molecule has 0 saturated heterocycles. The Morgan fingerprint density at radius 1 is 1.62 bits per heavy atom. The molecule has 0 spiro atoms. The molecule has 0 rings (SSSR count). The lowest BCUT2D eigenvalue weighted by Crippen LogP contribution is -2.44. The standard InChI is InChI=1S/C8H19N3O2/c1-6(7(9)11-13)10-4-8(2,3)5-12/h6,10,12-13H,4-5H2,1-3H3,(H2,9,11). The molecule has 0 amide bonds. The minimum atomic E-state index is -0.190. The van der Waals surface area contributed by atoms with Crippen molar-refractivity contribution in [1.82, 2.24) is 5.32 Å². The number of aliphatic hydroxyl groups excluding tert-OH is 1. The first-order chi connectivity index (χ1) is 5.93. The predicted octanol–water partition coefficient (Wildman–Crippen LogP) is -0.271. The highest BCUT2D eigenvalue weighted by molar-refractivity contribution is 5.84. The summed E-state index contributed by atoms with van der Waals surface area (Å²) >= 11 is 0. The summed E-state index contributed by atoms with van der Waals surface area (Å²) in [6.07, 6.45) is 0. The molecule has 0 aliphatic rings. The Labute approximate surface area is 78.6 Å². The van der Waals surface area contributed by atoms with Crippen molar-refractivity contribution in [1.29, 1.82) is 0 Å². The van der Waals surface area contributed by atoms with E-state index in [2.05, 4.69) is 10.5 Å². The van der Waals surface area contributed by atoms with Crippen molar-refractivity contribution in [3.05, 3.63) is 0 Å². The average molecular weight is 189 g/mol. The molecule has 0 saturated carbocycles. The molecular weight excluding hydrogens is 170 g/mol. The molecule has 0 aromatic rings. The molecule has 5 heteroatoms. The molecule has 0 aliphatic heterocycles. The lowest BCUT2D eigenvalue weighted by atomic mass is 9.94. The Morgan fingerprint density at radius 2 is 2.15 bits per heavy atom. The molecule has 78 valence electrons. The third-order valence-electron chi connectivity index (χ3n) is 1.87. The van der Waals surface area contributed by atoms with E-state index in [1.165, 1.54) is 0 Å². The number of aliphatic hydroxyl groups is 1. The smallest absolute Gasteiger partial charge is 0.156 e. The first kappa shape index (κ1) is 12.2. The summed E-state index contributed by atoms with van der Waals surface area (Å²) in [5.74, 6) is 0.147. The van der Waals surface area contributed by atoms with Gasteiger partial charge in [0.1, 0.15) is 0 Å². The zero-order valence-corrected chi connectivity index (χ0v) is 8.41. The summed E-state index contributed by atoms with van der Waals surface area (Å²) in [6, 6.07) is -0.184.